The van der Waals surface area contributed by atoms with Crippen LogP contribution in [-0.4, -0.2) is 30.4 Å². The number of carbonyl (C=O) groups is 1. The van der Waals surface area contributed by atoms with E-state index in [2.05, 4.69) is 22.3 Å². The number of hydrogen-bond acceptors (Lipinski definition) is 2. The van der Waals surface area contributed by atoms with Gasteiger partial charge in [-0.2, -0.15) is 0 Å². The second-order valence-corrected chi connectivity index (χ2v) is 7.21. The number of nitrogens with one attached hydrogen (secondary N) is 1. The lowest BCUT2D eigenvalue weighted by molar-refractivity contribution is -0.127. The SMILES string of the molecule is CCNC(=O)C1CC(c2ccc(F)c(C)c2)CN(Cc2ccccc2)C1. The fraction of sp³-hybridized carbons (Fsp3) is 0.409. The van der Waals surface area contributed by atoms with Crippen LogP contribution in [0.25, 0.3) is 0 Å². The molecule has 0 radical (unpaired) electrons. The van der Waals surface area contributed by atoms with Crippen molar-refractivity contribution in [2.45, 2.75) is 32.7 Å². The Morgan fingerprint density at radius 3 is 2.65 bits per heavy atom. The van der Waals surface area contributed by atoms with Crippen LogP contribution in [0.3, 0.4) is 0 Å². The molecule has 0 aromatic heterocycles. The molecule has 0 spiro atoms. The van der Waals surface area contributed by atoms with Crippen molar-refractivity contribution in [2.24, 2.45) is 5.92 Å². The molecule has 1 heterocycles. The van der Waals surface area contributed by atoms with Crippen LogP contribution < -0.4 is 5.32 Å². The number of halogens is 1. The maximum Gasteiger partial charge on any atom is 0.224 e. The number of rotatable bonds is 5. The fourth-order valence-electron chi connectivity index (χ4n) is 3.83. The van der Waals surface area contributed by atoms with Gasteiger partial charge in [-0.25, -0.2) is 4.39 Å². The lowest BCUT2D eigenvalue weighted by Gasteiger charge is -2.37. The highest BCUT2D eigenvalue weighted by Crippen LogP contribution is 2.32. The molecule has 1 N–H and O–H groups in total. The van der Waals surface area contributed by atoms with E-state index in [0.717, 1.165) is 31.6 Å². The third kappa shape index (κ3) is 4.50. The van der Waals surface area contributed by atoms with Gasteiger partial charge < -0.3 is 5.32 Å². The number of piperidine rings is 1. The van der Waals surface area contributed by atoms with Crippen LogP contribution in [-0.2, 0) is 11.3 Å². The van der Waals surface area contributed by atoms with Gasteiger partial charge in [-0.3, -0.25) is 9.69 Å². The van der Waals surface area contributed by atoms with E-state index in [0.29, 0.717) is 12.1 Å². The number of amides is 1. The highest BCUT2D eigenvalue weighted by Gasteiger charge is 2.32. The molecule has 1 saturated heterocycles. The smallest absolute Gasteiger partial charge is 0.224 e. The molecule has 4 heteroatoms. The largest absolute Gasteiger partial charge is 0.356 e. The van der Waals surface area contributed by atoms with Gasteiger partial charge in [0.1, 0.15) is 5.82 Å². The summed E-state index contributed by atoms with van der Waals surface area (Å²) in [5, 5.41) is 2.97. The molecule has 0 aliphatic carbocycles. The monoisotopic (exact) mass is 354 g/mol. The summed E-state index contributed by atoms with van der Waals surface area (Å²) in [5.41, 5.74) is 3.03. The van der Waals surface area contributed by atoms with Crippen molar-refractivity contribution in [3.8, 4) is 0 Å². The Hall–Kier alpha value is -2.20. The molecule has 0 bridgehead atoms. The van der Waals surface area contributed by atoms with Crippen LogP contribution >= 0.6 is 0 Å². The first-order chi connectivity index (χ1) is 12.6. The van der Waals surface area contributed by atoms with Crippen molar-refractivity contribution in [3.05, 3.63) is 71.0 Å². The van der Waals surface area contributed by atoms with Gasteiger partial charge in [-0.05, 0) is 48.9 Å². The summed E-state index contributed by atoms with van der Waals surface area (Å²) in [6.07, 6.45) is 0.808. The summed E-state index contributed by atoms with van der Waals surface area (Å²) in [6.45, 7) is 6.86. The van der Waals surface area contributed by atoms with E-state index >= 15 is 0 Å². The second kappa shape index (κ2) is 8.45. The summed E-state index contributed by atoms with van der Waals surface area (Å²) in [6, 6.07) is 15.7. The van der Waals surface area contributed by atoms with Crippen LogP contribution in [0.1, 0.15) is 36.0 Å². The van der Waals surface area contributed by atoms with E-state index < -0.39 is 0 Å². The van der Waals surface area contributed by atoms with Crippen LogP contribution in [0.4, 0.5) is 4.39 Å². The second-order valence-electron chi connectivity index (χ2n) is 7.21. The summed E-state index contributed by atoms with van der Waals surface area (Å²) >= 11 is 0. The molecule has 1 aliphatic rings. The van der Waals surface area contributed by atoms with Crippen molar-refractivity contribution in [3.63, 3.8) is 0 Å². The summed E-state index contributed by atoms with van der Waals surface area (Å²) in [4.78, 5) is 14.8. The Morgan fingerprint density at radius 1 is 1.19 bits per heavy atom. The number of hydrogen-bond donors (Lipinski definition) is 1. The predicted molar refractivity (Wildman–Crippen MR) is 102 cm³/mol. The minimum atomic E-state index is -0.175. The Morgan fingerprint density at radius 2 is 1.96 bits per heavy atom. The van der Waals surface area contributed by atoms with Crippen molar-refractivity contribution in [1.82, 2.24) is 10.2 Å². The van der Waals surface area contributed by atoms with Crippen LogP contribution in [0.2, 0.25) is 0 Å². The van der Waals surface area contributed by atoms with Gasteiger partial charge in [0.15, 0.2) is 0 Å². The molecule has 138 valence electrons. The van der Waals surface area contributed by atoms with E-state index in [1.807, 2.05) is 37.3 Å². The van der Waals surface area contributed by atoms with E-state index in [4.69, 9.17) is 0 Å². The first kappa shape index (κ1) is 18.6. The first-order valence-electron chi connectivity index (χ1n) is 9.37. The number of likely N-dealkylation sites (tertiary alicyclic amines) is 1. The molecule has 2 aromatic carbocycles. The molecule has 3 nitrogen and oxygen atoms in total. The molecule has 3 rings (SSSR count). The minimum Gasteiger partial charge on any atom is -0.356 e. The van der Waals surface area contributed by atoms with Crippen LogP contribution in [0.5, 0.6) is 0 Å². The lowest BCUT2D eigenvalue weighted by atomic mass is 9.83. The number of nitrogens with zero attached hydrogens (tertiary/aromatic N) is 1. The molecule has 2 aromatic rings. The lowest BCUT2D eigenvalue weighted by Crippen LogP contribution is -2.45. The summed E-state index contributed by atoms with van der Waals surface area (Å²) in [7, 11) is 0. The first-order valence-corrected chi connectivity index (χ1v) is 9.37. The molecule has 1 fully saturated rings. The normalized spacial score (nSPS) is 20.7. The molecule has 1 aliphatic heterocycles. The average molecular weight is 354 g/mol. The van der Waals surface area contributed by atoms with Gasteiger partial charge in [0.05, 0.1) is 5.92 Å². The van der Waals surface area contributed by atoms with E-state index in [1.54, 1.807) is 13.0 Å². The molecular weight excluding hydrogens is 327 g/mol. The third-order valence-corrected chi connectivity index (χ3v) is 5.15. The van der Waals surface area contributed by atoms with Crippen molar-refractivity contribution < 1.29 is 9.18 Å². The zero-order chi connectivity index (χ0) is 18.5. The van der Waals surface area contributed by atoms with Crippen molar-refractivity contribution in [2.75, 3.05) is 19.6 Å². The average Bonchev–Trinajstić information content (AvgIpc) is 2.65. The van der Waals surface area contributed by atoms with E-state index in [-0.39, 0.29) is 23.6 Å². The Bertz CT molecular complexity index is 747. The van der Waals surface area contributed by atoms with E-state index in [1.165, 1.54) is 5.56 Å². The van der Waals surface area contributed by atoms with Crippen molar-refractivity contribution >= 4 is 5.91 Å². The number of carbonyl (C=O) groups excluding carboxylic acids is 1. The number of benzene rings is 2. The number of aryl methyl sites for hydroxylation is 1. The van der Waals surface area contributed by atoms with Gasteiger partial charge in [-0.1, -0.05) is 42.5 Å². The predicted octanol–water partition coefficient (Wildman–Crippen LogP) is 3.88. The quantitative estimate of drug-likeness (QED) is 0.884. The van der Waals surface area contributed by atoms with Gasteiger partial charge in [0, 0.05) is 26.2 Å². The Labute approximate surface area is 155 Å². The van der Waals surface area contributed by atoms with Gasteiger partial charge in [0.25, 0.3) is 0 Å². The Balaban J connectivity index is 1.81. The van der Waals surface area contributed by atoms with Crippen molar-refractivity contribution in [1.29, 1.82) is 0 Å². The van der Waals surface area contributed by atoms with Gasteiger partial charge in [-0.15, -0.1) is 0 Å². The topological polar surface area (TPSA) is 32.3 Å². The Kier molecular flexibility index (Phi) is 6.04. The zero-order valence-corrected chi connectivity index (χ0v) is 15.5. The molecule has 26 heavy (non-hydrogen) atoms. The van der Waals surface area contributed by atoms with Gasteiger partial charge in [0.2, 0.25) is 5.91 Å². The molecule has 0 saturated carbocycles. The standard InChI is InChI=1S/C22H27FN2O/c1-3-24-22(26)20-12-19(18-9-10-21(23)16(2)11-18)14-25(15-20)13-17-7-5-4-6-8-17/h4-11,19-20H,3,12-15H2,1-2H3,(H,24,26). The summed E-state index contributed by atoms with van der Waals surface area (Å²) in [5.74, 6) is 0.141. The molecular formula is C22H27FN2O. The molecule has 1 amide bonds. The van der Waals surface area contributed by atoms with Crippen LogP contribution in [0, 0.1) is 18.7 Å². The highest BCUT2D eigenvalue weighted by atomic mass is 19.1. The molecule has 2 unspecified atom stereocenters. The minimum absolute atomic E-state index is 0.0391. The third-order valence-electron chi connectivity index (χ3n) is 5.15. The highest BCUT2D eigenvalue weighted by molar-refractivity contribution is 5.79. The fourth-order valence-corrected chi connectivity index (χ4v) is 3.83. The zero-order valence-electron chi connectivity index (χ0n) is 15.5. The van der Waals surface area contributed by atoms with Crippen LogP contribution in [0.15, 0.2) is 48.5 Å². The maximum absolute atomic E-state index is 13.7. The van der Waals surface area contributed by atoms with E-state index in [9.17, 15) is 9.18 Å². The maximum atomic E-state index is 13.7. The van der Waals surface area contributed by atoms with Gasteiger partial charge >= 0.3 is 0 Å². The summed E-state index contributed by atoms with van der Waals surface area (Å²) < 4.78 is 13.7. The molecule has 2 atom stereocenters.